The second-order valence-electron chi connectivity index (χ2n) is 12.7. The fourth-order valence-corrected chi connectivity index (χ4v) is 8.92. The third-order valence-corrected chi connectivity index (χ3v) is 11.8. The van der Waals surface area contributed by atoms with Crippen molar-refractivity contribution >= 4 is 25.4 Å². The molecule has 0 bridgehead atoms. The first-order valence-electron chi connectivity index (χ1n) is 17.6. The number of aliphatic hydroxyl groups excluding tert-OH is 1. The Morgan fingerprint density at radius 2 is 1.58 bits per heavy atom. The molecular weight excluding hydrogens is 675 g/mol. The topological polar surface area (TPSA) is 92.7 Å². The van der Waals surface area contributed by atoms with Crippen LogP contribution in [0, 0.1) is 11.8 Å². The van der Waals surface area contributed by atoms with Crippen LogP contribution < -0.4 is 9.20 Å². The Bertz CT molecular complexity index is 1250. The number of rotatable bonds is 17. The van der Waals surface area contributed by atoms with E-state index in [1.807, 2.05) is 54.6 Å². The fraction of sp³-hybridized carbons (Fsp3) is 0.564. The summed E-state index contributed by atoms with van der Waals surface area (Å²) < 4.78 is 37.5. The van der Waals surface area contributed by atoms with Gasteiger partial charge in [-0.05, 0) is 31.4 Å². The Morgan fingerprint density at radius 1 is 0.917 bits per heavy atom. The summed E-state index contributed by atoms with van der Waals surface area (Å²) in [5, 5.41) is 10.9. The molecule has 0 spiro atoms. The van der Waals surface area contributed by atoms with Gasteiger partial charge in [-0.1, -0.05) is 18.2 Å². The van der Waals surface area contributed by atoms with Gasteiger partial charge in [-0.3, -0.25) is 0 Å². The predicted octanol–water partition coefficient (Wildman–Crippen LogP) is 6.16. The molecule has 0 radical (unpaired) electrons. The number of allylic oxidation sites excluding steroid dienone is 2. The van der Waals surface area contributed by atoms with E-state index in [4.69, 9.17) is 28.4 Å². The second kappa shape index (κ2) is 20.2. The van der Waals surface area contributed by atoms with E-state index in [0.717, 1.165) is 76.6 Å². The Labute approximate surface area is 292 Å². The molecule has 3 aliphatic rings. The third-order valence-electron chi connectivity index (χ3n) is 9.17. The summed E-state index contributed by atoms with van der Waals surface area (Å²) >= 11 is -0.000716. The first-order chi connectivity index (χ1) is 23.6. The van der Waals surface area contributed by atoms with Crippen LogP contribution in [0.15, 0.2) is 85.0 Å². The molecule has 5 rings (SSSR count). The summed E-state index contributed by atoms with van der Waals surface area (Å²) in [4.78, 5) is 12.5. The fourth-order valence-electron chi connectivity index (χ4n) is 6.64. The van der Waals surface area contributed by atoms with Crippen molar-refractivity contribution in [3.05, 3.63) is 85.0 Å². The van der Waals surface area contributed by atoms with Gasteiger partial charge in [0.15, 0.2) is 0 Å². The maximum atomic E-state index is 12.6. The number of aliphatic hydroxyl groups is 1. The van der Waals surface area contributed by atoms with Crippen LogP contribution in [0.5, 0.6) is 5.75 Å². The number of ether oxygens (including phenoxy) is 6. The molecule has 3 unspecified atom stereocenters. The van der Waals surface area contributed by atoms with E-state index in [1.54, 1.807) is 0 Å². The Kier molecular flexibility index (Phi) is 15.5. The van der Waals surface area contributed by atoms with Crippen molar-refractivity contribution in [2.45, 2.75) is 99.9 Å². The average Bonchev–Trinajstić information content (AvgIpc) is 3.44. The van der Waals surface area contributed by atoms with Crippen LogP contribution in [0.25, 0.3) is 0 Å². The van der Waals surface area contributed by atoms with Gasteiger partial charge >= 0.3 is 226 Å². The summed E-state index contributed by atoms with van der Waals surface area (Å²) in [6, 6.07) is 19.7. The average molecular weight is 728 g/mol. The van der Waals surface area contributed by atoms with Gasteiger partial charge in [-0.25, -0.2) is 0 Å². The van der Waals surface area contributed by atoms with Crippen molar-refractivity contribution in [3.63, 3.8) is 0 Å². The van der Waals surface area contributed by atoms with Crippen molar-refractivity contribution in [1.29, 1.82) is 0 Å². The second-order valence-corrected chi connectivity index (χ2v) is 15.4. The minimum absolute atomic E-state index is 0.000716. The van der Waals surface area contributed by atoms with E-state index in [2.05, 4.69) is 30.4 Å². The van der Waals surface area contributed by atoms with Crippen LogP contribution in [0.4, 0.5) is 0 Å². The summed E-state index contributed by atoms with van der Waals surface area (Å²) in [6.07, 6.45) is 16.1. The van der Waals surface area contributed by atoms with Gasteiger partial charge in [0.1, 0.15) is 5.75 Å². The molecule has 2 aliphatic heterocycles. The molecular formula is C39H52O8Se. The van der Waals surface area contributed by atoms with E-state index in [0.29, 0.717) is 6.61 Å². The van der Waals surface area contributed by atoms with Crippen LogP contribution in [0.2, 0.25) is 4.82 Å². The van der Waals surface area contributed by atoms with Gasteiger partial charge in [-0.15, -0.1) is 0 Å². The van der Waals surface area contributed by atoms with Crippen LogP contribution >= 0.6 is 0 Å². The summed E-state index contributed by atoms with van der Waals surface area (Å²) in [7, 11) is 1.47. The molecule has 0 amide bonds. The van der Waals surface area contributed by atoms with Crippen LogP contribution in [0.1, 0.15) is 64.2 Å². The van der Waals surface area contributed by atoms with E-state index >= 15 is 0 Å². The van der Waals surface area contributed by atoms with E-state index in [1.165, 1.54) is 11.6 Å². The number of hydrogen-bond donors (Lipinski definition) is 1. The van der Waals surface area contributed by atoms with Gasteiger partial charge < -0.3 is 4.74 Å². The zero-order chi connectivity index (χ0) is 33.4. The number of para-hydroxylation sites is 1. The number of methoxy groups -OCH3 is 1. The molecule has 2 aromatic carbocycles. The molecule has 1 N–H and O–H groups in total. The van der Waals surface area contributed by atoms with E-state index in [9.17, 15) is 9.90 Å². The zero-order valence-corrected chi connectivity index (χ0v) is 29.8. The molecule has 262 valence electrons. The molecule has 3 fully saturated rings. The number of esters is 1. The van der Waals surface area contributed by atoms with E-state index < -0.39 is 6.10 Å². The van der Waals surface area contributed by atoms with Crippen molar-refractivity contribution in [1.82, 2.24) is 0 Å². The molecule has 8 nitrogen and oxygen atoms in total. The first kappa shape index (κ1) is 36.8. The van der Waals surface area contributed by atoms with Crippen molar-refractivity contribution < 1.29 is 38.3 Å². The van der Waals surface area contributed by atoms with Crippen molar-refractivity contribution in [2.24, 2.45) is 11.8 Å². The molecule has 48 heavy (non-hydrogen) atoms. The van der Waals surface area contributed by atoms with Crippen molar-refractivity contribution in [3.8, 4) is 5.75 Å². The zero-order valence-electron chi connectivity index (χ0n) is 28.1. The number of hydrogen-bond acceptors (Lipinski definition) is 8. The predicted molar refractivity (Wildman–Crippen MR) is 186 cm³/mol. The molecule has 2 heterocycles. The number of carbonyl (C=O) groups excluding carboxylic acids is 1. The number of benzene rings is 2. The summed E-state index contributed by atoms with van der Waals surface area (Å²) in [6.45, 7) is 1.60. The molecule has 2 aromatic rings. The summed E-state index contributed by atoms with van der Waals surface area (Å²) in [5.41, 5.74) is 0. The molecule has 0 aromatic heterocycles. The maximum absolute atomic E-state index is 12.6. The van der Waals surface area contributed by atoms with E-state index in [-0.39, 0.29) is 69.0 Å². The molecule has 2 saturated heterocycles. The van der Waals surface area contributed by atoms with Crippen LogP contribution in [-0.4, -0.2) is 83.9 Å². The first-order valence-corrected chi connectivity index (χ1v) is 19.5. The molecule has 8 atom stereocenters. The minimum atomic E-state index is -0.767. The molecule has 1 aliphatic carbocycles. The van der Waals surface area contributed by atoms with Gasteiger partial charge in [0.2, 0.25) is 0 Å². The van der Waals surface area contributed by atoms with Crippen LogP contribution in [0.3, 0.4) is 0 Å². The third kappa shape index (κ3) is 11.8. The van der Waals surface area contributed by atoms with Crippen LogP contribution in [-0.2, 0) is 28.5 Å². The Hall–Kier alpha value is -2.49. The monoisotopic (exact) mass is 728 g/mol. The standard InChI is InChI=1S/C39H52O8Se/c1-42-39(41)36(48-31-17-7-3-8-18-31)20-10-4-9-19-32-33(24-23-29(40)28-45-30-15-5-2-6-16-30)35(47-38-22-12-14-26-44-38)27-34(32)46-37-21-11-13-25-43-37/h2-9,15-18,23-24,29,32-38,40H,10-14,19-22,25-28H2,1H3/b9-4-,24-23+/t29-,32-,33-,34+,35-,36?,37?,38?/m1/s1. The van der Waals surface area contributed by atoms with Gasteiger partial charge in [0.05, 0.1) is 0 Å². The summed E-state index contributed by atoms with van der Waals surface area (Å²) in [5.74, 6) is 0.701. The molecule has 1 saturated carbocycles. The SMILES string of the molecule is COC(=O)C(CC/C=C\C[C@@H]1[C@@H](/C=C/[C@@H](O)COc2ccccc2)[C@H](OC2CCCCO2)C[C@@H]1OC1CCCCO1)[Se]c1ccccc1. The Balaban J connectivity index is 1.27. The van der Waals surface area contributed by atoms with Gasteiger partial charge in [-0.2, -0.15) is 0 Å². The quantitative estimate of drug-likeness (QED) is 0.118. The van der Waals surface area contributed by atoms with Crippen molar-refractivity contribution in [2.75, 3.05) is 26.9 Å². The Morgan fingerprint density at radius 3 is 2.23 bits per heavy atom. The normalized spacial score (nSPS) is 27.6. The van der Waals surface area contributed by atoms with Gasteiger partial charge in [0, 0.05) is 6.61 Å². The molecule has 9 heteroatoms. The number of carbonyl (C=O) groups is 1. The van der Waals surface area contributed by atoms with Gasteiger partial charge in [0.25, 0.3) is 0 Å².